The van der Waals surface area contributed by atoms with Crippen LogP contribution in [0.15, 0.2) is 42.5 Å². The van der Waals surface area contributed by atoms with Gasteiger partial charge in [0, 0.05) is 30.4 Å². The third-order valence-electron chi connectivity index (χ3n) is 3.90. The van der Waals surface area contributed by atoms with Crippen molar-refractivity contribution in [3.05, 3.63) is 59.2 Å². The molecule has 5 nitrogen and oxygen atoms in total. The predicted octanol–water partition coefficient (Wildman–Crippen LogP) is 2.72. The Labute approximate surface area is 134 Å². The normalized spacial score (nSPS) is 12.4. The van der Waals surface area contributed by atoms with E-state index in [0.717, 1.165) is 17.7 Å². The topological polar surface area (TPSA) is 73.2 Å². The lowest BCUT2D eigenvalue weighted by molar-refractivity contribution is -0.116. The Hall–Kier alpha value is -3.13. The molecule has 0 saturated carbocycles. The molecule has 0 aliphatic carbocycles. The highest BCUT2D eigenvalue weighted by Crippen LogP contribution is 2.31. The van der Waals surface area contributed by atoms with Gasteiger partial charge in [-0.05, 0) is 48.4 Å². The molecule has 0 unspecified atom stereocenters. The van der Waals surface area contributed by atoms with E-state index in [9.17, 15) is 9.59 Å². The van der Waals surface area contributed by atoms with Gasteiger partial charge in [-0.3, -0.25) is 9.59 Å². The van der Waals surface area contributed by atoms with Crippen LogP contribution in [0.1, 0.15) is 28.4 Å². The minimum atomic E-state index is -0.248. The number of hydrogen-bond donors (Lipinski definition) is 1. The molecule has 0 bridgehead atoms. The molecule has 0 atom stereocenters. The lowest BCUT2D eigenvalue weighted by Crippen LogP contribution is -2.25. The van der Waals surface area contributed by atoms with Crippen molar-refractivity contribution >= 4 is 23.2 Å². The summed E-state index contributed by atoms with van der Waals surface area (Å²) in [4.78, 5) is 25.6. The number of hydrogen-bond acceptors (Lipinski definition) is 3. The molecule has 1 aliphatic rings. The maximum absolute atomic E-state index is 12.3. The van der Waals surface area contributed by atoms with Crippen LogP contribution in [0.5, 0.6) is 0 Å². The first-order valence-corrected chi connectivity index (χ1v) is 7.31. The molecule has 0 aromatic heterocycles. The molecule has 2 aromatic rings. The van der Waals surface area contributed by atoms with Crippen molar-refractivity contribution in [3.8, 4) is 6.07 Å². The summed E-state index contributed by atoms with van der Waals surface area (Å²) in [5.74, 6) is -0.249. The van der Waals surface area contributed by atoms with Crippen LogP contribution in [-0.2, 0) is 11.2 Å². The molecule has 114 valence electrons. The quantitative estimate of drug-likeness (QED) is 0.927. The molecule has 2 amide bonds. The van der Waals surface area contributed by atoms with Crippen molar-refractivity contribution in [2.24, 2.45) is 0 Å². The molecule has 1 aliphatic heterocycles. The number of rotatable bonds is 2. The average Bonchev–Trinajstić information content (AvgIpc) is 2.98. The molecule has 0 spiro atoms. The summed E-state index contributed by atoms with van der Waals surface area (Å²) in [6, 6.07) is 14.1. The van der Waals surface area contributed by atoms with Gasteiger partial charge in [0.15, 0.2) is 0 Å². The SMILES string of the molecule is CC(=O)N1CCc2ccc(NC(=O)c3ccc(C#N)cc3)cc21. The first-order chi connectivity index (χ1) is 11.1. The Morgan fingerprint density at radius 1 is 1.17 bits per heavy atom. The number of nitrogens with one attached hydrogen (secondary N) is 1. The molecule has 1 heterocycles. The first kappa shape index (κ1) is 14.8. The van der Waals surface area contributed by atoms with Crippen LogP contribution in [0, 0.1) is 11.3 Å². The van der Waals surface area contributed by atoms with E-state index < -0.39 is 0 Å². The second-order valence-corrected chi connectivity index (χ2v) is 5.41. The fourth-order valence-electron chi connectivity index (χ4n) is 2.68. The molecule has 0 saturated heterocycles. The third-order valence-corrected chi connectivity index (χ3v) is 3.90. The molecule has 3 rings (SSSR count). The van der Waals surface area contributed by atoms with E-state index in [4.69, 9.17) is 5.26 Å². The van der Waals surface area contributed by atoms with Gasteiger partial charge in [-0.2, -0.15) is 5.26 Å². The number of carbonyl (C=O) groups excluding carboxylic acids is 2. The largest absolute Gasteiger partial charge is 0.322 e. The number of nitrogens with zero attached hydrogens (tertiary/aromatic N) is 2. The summed E-state index contributed by atoms with van der Waals surface area (Å²) < 4.78 is 0. The Bertz CT molecular complexity index is 819. The van der Waals surface area contributed by atoms with E-state index in [1.807, 2.05) is 24.3 Å². The van der Waals surface area contributed by atoms with Crippen molar-refractivity contribution in [1.29, 1.82) is 5.26 Å². The van der Waals surface area contributed by atoms with Gasteiger partial charge in [-0.15, -0.1) is 0 Å². The van der Waals surface area contributed by atoms with Crippen LogP contribution in [0.25, 0.3) is 0 Å². The Balaban J connectivity index is 1.80. The van der Waals surface area contributed by atoms with Gasteiger partial charge < -0.3 is 10.2 Å². The van der Waals surface area contributed by atoms with E-state index in [0.29, 0.717) is 23.4 Å². The minimum absolute atomic E-state index is 0.000631. The van der Waals surface area contributed by atoms with Gasteiger partial charge in [0.05, 0.1) is 11.6 Å². The summed E-state index contributed by atoms with van der Waals surface area (Å²) >= 11 is 0. The second-order valence-electron chi connectivity index (χ2n) is 5.41. The van der Waals surface area contributed by atoms with E-state index >= 15 is 0 Å². The van der Waals surface area contributed by atoms with Crippen molar-refractivity contribution in [3.63, 3.8) is 0 Å². The minimum Gasteiger partial charge on any atom is -0.322 e. The van der Waals surface area contributed by atoms with Gasteiger partial charge >= 0.3 is 0 Å². The monoisotopic (exact) mass is 305 g/mol. The second kappa shape index (κ2) is 5.93. The lowest BCUT2D eigenvalue weighted by atomic mass is 10.1. The van der Waals surface area contributed by atoms with E-state index in [1.165, 1.54) is 6.92 Å². The summed E-state index contributed by atoms with van der Waals surface area (Å²) in [6.07, 6.45) is 0.832. The molecular weight excluding hydrogens is 290 g/mol. The van der Waals surface area contributed by atoms with Crippen molar-refractivity contribution in [1.82, 2.24) is 0 Å². The molecule has 0 radical (unpaired) electrons. The molecule has 1 N–H and O–H groups in total. The highest BCUT2D eigenvalue weighted by Gasteiger charge is 2.22. The summed E-state index contributed by atoms with van der Waals surface area (Å²) in [5, 5.41) is 11.6. The zero-order valence-electron chi connectivity index (χ0n) is 12.7. The van der Waals surface area contributed by atoms with Crippen LogP contribution in [0.2, 0.25) is 0 Å². The Kier molecular flexibility index (Phi) is 3.82. The standard InChI is InChI=1S/C18H15N3O2/c1-12(22)21-9-8-14-6-7-16(10-17(14)21)20-18(23)15-4-2-13(11-19)3-5-15/h2-7,10H,8-9H2,1H3,(H,20,23). The Morgan fingerprint density at radius 3 is 2.57 bits per heavy atom. The van der Waals surface area contributed by atoms with E-state index in [1.54, 1.807) is 29.2 Å². The van der Waals surface area contributed by atoms with Gasteiger partial charge in [-0.25, -0.2) is 0 Å². The third kappa shape index (κ3) is 2.92. The highest BCUT2D eigenvalue weighted by atomic mass is 16.2. The number of carbonyl (C=O) groups is 2. The number of amides is 2. The summed E-state index contributed by atoms with van der Waals surface area (Å²) in [7, 11) is 0. The number of benzene rings is 2. The molecule has 5 heteroatoms. The molecule has 2 aromatic carbocycles. The predicted molar refractivity (Wildman–Crippen MR) is 87.3 cm³/mol. The van der Waals surface area contributed by atoms with Crippen LogP contribution in [0.3, 0.4) is 0 Å². The molecule has 23 heavy (non-hydrogen) atoms. The smallest absolute Gasteiger partial charge is 0.255 e. The van der Waals surface area contributed by atoms with Crippen molar-refractivity contribution in [2.45, 2.75) is 13.3 Å². The van der Waals surface area contributed by atoms with Gasteiger partial charge in [0.2, 0.25) is 5.91 Å². The van der Waals surface area contributed by atoms with Gasteiger partial charge in [0.1, 0.15) is 0 Å². The Morgan fingerprint density at radius 2 is 1.91 bits per heavy atom. The maximum atomic E-state index is 12.3. The van der Waals surface area contributed by atoms with E-state index in [-0.39, 0.29) is 11.8 Å². The number of fused-ring (bicyclic) bond motifs is 1. The maximum Gasteiger partial charge on any atom is 0.255 e. The van der Waals surface area contributed by atoms with Crippen LogP contribution >= 0.6 is 0 Å². The average molecular weight is 305 g/mol. The number of anilines is 2. The first-order valence-electron chi connectivity index (χ1n) is 7.31. The van der Waals surface area contributed by atoms with Crippen LogP contribution in [-0.4, -0.2) is 18.4 Å². The fourth-order valence-corrected chi connectivity index (χ4v) is 2.68. The van der Waals surface area contributed by atoms with Crippen molar-refractivity contribution < 1.29 is 9.59 Å². The molecule has 0 fully saturated rings. The van der Waals surface area contributed by atoms with Crippen LogP contribution in [0.4, 0.5) is 11.4 Å². The van der Waals surface area contributed by atoms with E-state index in [2.05, 4.69) is 5.32 Å². The van der Waals surface area contributed by atoms with Crippen molar-refractivity contribution in [2.75, 3.05) is 16.8 Å². The zero-order chi connectivity index (χ0) is 16.4. The van der Waals surface area contributed by atoms with Crippen LogP contribution < -0.4 is 10.2 Å². The fraction of sp³-hybridized carbons (Fsp3) is 0.167. The summed E-state index contributed by atoms with van der Waals surface area (Å²) in [5.41, 5.74) is 3.60. The lowest BCUT2D eigenvalue weighted by Gasteiger charge is -2.15. The van der Waals surface area contributed by atoms with Gasteiger partial charge in [0.25, 0.3) is 5.91 Å². The summed E-state index contributed by atoms with van der Waals surface area (Å²) in [6.45, 7) is 2.22. The zero-order valence-corrected chi connectivity index (χ0v) is 12.7. The number of nitriles is 1. The molecular formula is C18H15N3O2. The van der Waals surface area contributed by atoms with Gasteiger partial charge in [-0.1, -0.05) is 6.07 Å². The highest BCUT2D eigenvalue weighted by molar-refractivity contribution is 6.05.